The number of hydrogen-bond donors (Lipinski definition) is 1. The fraction of sp³-hybridized carbons (Fsp3) is 0.474. The molecule has 0 aliphatic carbocycles. The Bertz CT molecular complexity index is 899. The Morgan fingerprint density at radius 2 is 2.00 bits per heavy atom. The summed E-state index contributed by atoms with van der Waals surface area (Å²) >= 11 is 0. The number of carbonyl (C=O) groups is 1. The van der Waals surface area contributed by atoms with Crippen LogP contribution in [0.25, 0.3) is 0 Å². The molecule has 0 saturated carbocycles. The molecule has 1 aliphatic rings. The summed E-state index contributed by atoms with van der Waals surface area (Å²) < 4.78 is 32.2. The summed E-state index contributed by atoms with van der Waals surface area (Å²) in [5, 5.41) is 6.62. The third kappa shape index (κ3) is 4.39. The summed E-state index contributed by atoms with van der Waals surface area (Å²) in [6.45, 7) is 6.74. The number of nitrogens with one attached hydrogen (secondary N) is 1. The summed E-state index contributed by atoms with van der Waals surface area (Å²) in [6, 6.07) is 6.32. The SMILES string of the molecule is Cc1noc(C)c1CC(=O)Nc1ccc(S(=O)(=O)N2CCCC(C)C2)cc1. The van der Waals surface area contributed by atoms with E-state index in [1.54, 1.807) is 42.4 Å². The quantitative estimate of drug-likeness (QED) is 0.846. The van der Waals surface area contributed by atoms with Crippen LogP contribution in [0.2, 0.25) is 0 Å². The van der Waals surface area contributed by atoms with Crippen LogP contribution < -0.4 is 5.32 Å². The number of rotatable bonds is 5. The Labute approximate surface area is 159 Å². The number of anilines is 1. The minimum atomic E-state index is -3.49. The molecule has 27 heavy (non-hydrogen) atoms. The second kappa shape index (κ2) is 7.82. The first kappa shape index (κ1) is 19.6. The molecule has 1 fully saturated rings. The van der Waals surface area contributed by atoms with Gasteiger partial charge in [-0.1, -0.05) is 12.1 Å². The molecule has 146 valence electrons. The zero-order valence-corrected chi connectivity index (χ0v) is 16.7. The van der Waals surface area contributed by atoms with E-state index in [-0.39, 0.29) is 17.2 Å². The molecule has 1 saturated heterocycles. The Kier molecular flexibility index (Phi) is 5.67. The molecule has 0 spiro atoms. The van der Waals surface area contributed by atoms with Crippen molar-refractivity contribution in [1.82, 2.24) is 9.46 Å². The van der Waals surface area contributed by atoms with Crippen LogP contribution in [-0.2, 0) is 21.2 Å². The lowest BCUT2D eigenvalue weighted by atomic mass is 10.0. The van der Waals surface area contributed by atoms with Crippen molar-refractivity contribution in [3.05, 3.63) is 41.3 Å². The minimum absolute atomic E-state index is 0.160. The number of sulfonamides is 1. The molecular weight excluding hydrogens is 366 g/mol. The van der Waals surface area contributed by atoms with Crippen LogP contribution >= 0.6 is 0 Å². The lowest BCUT2D eigenvalue weighted by Gasteiger charge is -2.30. The third-order valence-electron chi connectivity index (χ3n) is 4.91. The smallest absolute Gasteiger partial charge is 0.243 e. The van der Waals surface area contributed by atoms with Crippen molar-refractivity contribution in [3.8, 4) is 0 Å². The summed E-state index contributed by atoms with van der Waals surface area (Å²) in [5.41, 5.74) is 2.02. The van der Waals surface area contributed by atoms with E-state index in [0.717, 1.165) is 18.4 Å². The summed E-state index contributed by atoms with van der Waals surface area (Å²) in [7, 11) is -3.49. The molecule has 8 heteroatoms. The fourth-order valence-corrected chi connectivity index (χ4v) is 4.94. The molecule has 1 amide bonds. The number of nitrogens with zero attached hydrogens (tertiary/aromatic N) is 2. The molecule has 1 N–H and O–H groups in total. The van der Waals surface area contributed by atoms with Gasteiger partial charge in [0.1, 0.15) is 5.76 Å². The predicted octanol–water partition coefficient (Wildman–Crippen LogP) is 2.89. The fourth-order valence-electron chi connectivity index (χ4n) is 3.34. The zero-order chi connectivity index (χ0) is 19.6. The number of piperidine rings is 1. The molecule has 0 radical (unpaired) electrons. The van der Waals surface area contributed by atoms with Crippen LogP contribution in [0.5, 0.6) is 0 Å². The highest BCUT2D eigenvalue weighted by Gasteiger charge is 2.28. The second-order valence-corrected chi connectivity index (χ2v) is 9.10. The molecule has 2 aromatic rings. The van der Waals surface area contributed by atoms with Gasteiger partial charge in [0, 0.05) is 24.3 Å². The standard InChI is InChI=1S/C19H25N3O4S/c1-13-5-4-10-22(12-13)27(24,25)17-8-6-16(7-9-17)20-19(23)11-18-14(2)21-26-15(18)3/h6-9,13H,4-5,10-12H2,1-3H3,(H,20,23). The molecule has 1 atom stereocenters. The summed E-state index contributed by atoms with van der Waals surface area (Å²) in [5.74, 6) is 0.793. The van der Waals surface area contributed by atoms with Crippen LogP contribution in [0.15, 0.2) is 33.7 Å². The molecule has 1 unspecified atom stereocenters. The van der Waals surface area contributed by atoms with Gasteiger partial charge < -0.3 is 9.84 Å². The van der Waals surface area contributed by atoms with Gasteiger partial charge in [0.25, 0.3) is 0 Å². The lowest BCUT2D eigenvalue weighted by molar-refractivity contribution is -0.115. The van der Waals surface area contributed by atoms with E-state index in [9.17, 15) is 13.2 Å². The molecule has 2 heterocycles. The summed E-state index contributed by atoms with van der Waals surface area (Å²) in [4.78, 5) is 12.5. The highest BCUT2D eigenvalue weighted by molar-refractivity contribution is 7.89. The number of amides is 1. The largest absolute Gasteiger partial charge is 0.361 e. The average Bonchev–Trinajstić information content (AvgIpc) is 2.94. The first-order chi connectivity index (χ1) is 12.8. The summed E-state index contributed by atoms with van der Waals surface area (Å²) in [6.07, 6.45) is 2.10. The van der Waals surface area contributed by atoms with Crippen molar-refractivity contribution >= 4 is 21.6 Å². The van der Waals surface area contributed by atoms with Crippen LogP contribution in [0.3, 0.4) is 0 Å². The van der Waals surface area contributed by atoms with Gasteiger partial charge >= 0.3 is 0 Å². The maximum absolute atomic E-state index is 12.8. The number of aryl methyl sites for hydroxylation is 2. The molecular formula is C19H25N3O4S. The maximum atomic E-state index is 12.8. The van der Waals surface area contributed by atoms with E-state index in [1.165, 1.54) is 0 Å². The van der Waals surface area contributed by atoms with E-state index in [4.69, 9.17) is 4.52 Å². The average molecular weight is 391 g/mol. The first-order valence-corrected chi connectivity index (χ1v) is 10.5. The molecule has 0 bridgehead atoms. The number of aromatic nitrogens is 1. The van der Waals surface area contributed by atoms with E-state index in [2.05, 4.69) is 17.4 Å². The molecule has 1 aromatic heterocycles. The van der Waals surface area contributed by atoms with Crippen LogP contribution in [0, 0.1) is 19.8 Å². The van der Waals surface area contributed by atoms with Gasteiger partial charge in [0.15, 0.2) is 0 Å². The normalized spacial score (nSPS) is 18.4. The van der Waals surface area contributed by atoms with Crippen molar-refractivity contribution in [3.63, 3.8) is 0 Å². The van der Waals surface area contributed by atoms with E-state index < -0.39 is 10.0 Å². The number of carbonyl (C=O) groups excluding carboxylic acids is 1. The van der Waals surface area contributed by atoms with Crippen LogP contribution in [-0.4, -0.2) is 36.9 Å². The van der Waals surface area contributed by atoms with Gasteiger partial charge in [-0.3, -0.25) is 4.79 Å². The van der Waals surface area contributed by atoms with Gasteiger partial charge in [-0.2, -0.15) is 4.31 Å². The van der Waals surface area contributed by atoms with Gasteiger partial charge in [-0.25, -0.2) is 8.42 Å². The molecule has 1 aromatic carbocycles. The second-order valence-electron chi connectivity index (χ2n) is 7.16. The molecule has 3 rings (SSSR count). The van der Waals surface area contributed by atoms with Crippen LogP contribution in [0.1, 0.15) is 36.8 Å². The topological polar surface area (TPSA) is 92.5 Å². The van der Waals surface area contributed by atoms with Crippen molar-refractivity contribution in [2.45, 2.75) is 44.9 Å². The van der Waals surface area contributed by atoms with E-state index in [0.29, 0.717) is 36.1 Å². The van der Waals surface area contributed by atoms with Gasteiger partial charge in [-0.05, 0) is 56.9 Å². The van der Waals surface area contributed by atoms with Gasteiger partial charge in [0.05, 0.1) is 17.0 Å². The molecule has 7 nitrogen and oxygen atoms in total. The highest BCUT2D eigenvalue weighted by Crippen LogP contribution is 2.24. The maximum Gasteiger partial charge on any atom is 0.243 e. The Morgan fingerprint density at radius 3 is 2.59 bits per heavy atom. The number of benzene rings is 1. The minimum Gasteiger partial charge on any atom is -0.361 e. The molecule has 1 aliphatic heterocycles. The van der Waals surface area contributed by atoms with E-state index >= 15 is 0 Å². The van der Waals surface area contributed by atoms with Crippen molar-refractivity contribution < 1.29 is 17.7 Å². The van der Waals surface area contributed by atoms with Gasteiger partial charge in [0.2, 0.25) is 15.9 Å². The number of hydrogen-bond acceptors (Lipinski definition) is 5. The van der Waals surface area contributed by atoms with Crippen molar-refractivity contribution in [2.24, 2.45) is 5.92 Å². The monoisotopic (exact) mass is 391 g/mol. The van der Waals surface area contributed by atoms with Crippen molar-refractivity contribution in [2.75, 3.05) is 18.4 Å². The van der Waals surface area contributed by atoms with Crippen LogP contribution in [0.4, 0.5) is 5.69 Å². The van der Waals surface area contributed by atoms with Crippen molar-refractivity contribution in [1.29, 1.82) is 0 Å². The van der Waals surface area contributed by atoms with E-state index in [1.807, 2.05) is 0 Å². The van der Waals surface area contributed by atoms with Gasteiger partial charge in [-0.15, -0.1) is 0 Å². The highest BCUT2D eigenvalue weighted by atomic mass is 32.2. The lowest BCUT2D eigenvalue weighted by Crippen LogP contribution is -2.39. The Balaban J connectivity index is 1.67. The predicted molar refractivity (Wildman–Crippen MR) is 102 cm³/mol. The Morgan fingerprint density at radius 1 is 1.30 bits per heavy atom. The third-order valence-corrected chi connectivity index (χ3v) is 6.79. The zero-order valence-electron chi connectivity index (χ0n) is 15.9. The Hall–Kier alpha value is -2.19. The first-order valence-electron chi connectivity index (χ1n) is 9.09.